The minimum absolute atomic E-state index is 0.479. The lowest BCUT2D eigenvalue weighted by Gasteiger charge is -2.33. The van der Waals surface area contributed by atoms with Crippen molar-refractivity contribution in [3.63, 3.8) is 0 Å². The van der Waals surface area contributed by atoms with Crippen molar-refractivity contribution >= 4 is 22.2 Å². The predicted octanol–water partition coefficient (Wildman–Crippen LogP) is 3.78. The predicted molar refractivity (Wildman–Crippen MR) is 112 cm³/mol. The standard InChI is InChI=1S/C23H23N5O/c1-2-4-19-16(3-1)5-6-20(25-19)17-13-18(14-17)21-15-28-23(26-21)22(7-8-24-28)27-9-11-29-12-10-27/h1-8,15,17-18H,9-14H2/t17-,18-. The Morgan fingerprint density at radius 3 is 2.59 bits per heavy atom. The van der Waals surface area contributed by atoms with Crippen molar-refractivity contribution in [3.05, 3.63) is 66.2 Å². The van der Waals surface area contributed by atoms with Crippen LogP contribution in [0.3, 0.4) is 0 Å². The van der Waals surface area contributed by atoms with Crippen LogP contribution in [-0.4, -0.2) is 45.9 Å². The van der Waals surface area contributed by atoms with E-state index in [2.05, 4.69) is 58.7 Å². The van der Waals surface area contributed by atoms with Crippen LogP contribution in [0.4, 0.5) is 5.69 Å². The molecule has 4 heterocycles. The summed E-state index contributed by atoms with van der Waals surface area (Å²) in [5.74, 6) is 0.994. The van der Waals surface area contributed by atoms with Crippen molar-refractivity contribution in [2.75, 3.05) is 31.2 Å². The van der Waals surface area contributed by atoms with Crippen molar-refractivity contribution in [1.29, 1.82) is 0 Å². The molecule has 0 unspecified atom stereocenters. The zero-order valence-corrected chi connectivity index (χ0v) is 16.2. The number of para-hydroxylation sites is 1. The van der Waals surface area contributed by atoms with Gasteiger partial charge in [-0.15, -0.1) is 0 Å². The van der Waals surface area contributed by atoms with Crippen molar-refractivity contribution in [1.82, 2.24) is 19.6 Å². The molecule has 3 aromatic heterocycles. The topological polar surface area (TPSA) is 55.5 Å². The number of hydrogen-bond acceptors (Lipinski definition) is 5. The van der Waals surface area contributed by atoms with Gasteiger partial charge in [0.05, 0.1) is 42.5 Å². The van der Waals surface area contributed by atoms with Crippen LogP contribution in [0.5, 0.6) is 0 Å². The number of rotatable bonds is 3. The van der Waals surface area contributed by atoms with Gasteiger partial charge in [0.1, 0.15) is 0 Å². The number of pyridine rings is 1. The second kappa shape index (κ2) is 6.81. The highest BCUT2D eigenvalue weighted by Crippen LogP contribution is 2.47. The summed E-state index contributed by atoms with van der Waals surface area (Å²) in [6.45, 7) is 3.35. The van der Waals surface area contributed by atoms with Gasteiger partial charge in [-0.1, -0.05) is 24.3 Å². The average molecular weight is 385 g/mol. The number of hydrogen-bond donors (Lipinski definition) is 0. The van der Waals surface area contributed by atoms with Crippen LogP contribution < -0.4 is 4.90 Å². The third-order valence-corrected chi connectivity index (χ3v) is 6.31. The quantitative estimate of drug-likeness (QED) is 0.537. The van der Waals surface area contributed by atoms with Crippen LogP contribution in [0.25, 0.3) is 16.6 Å². The van der Waals surface area contributed by atoms with Gasteiger partial charge in [0, 0.05) is 36.0 Å². The number of ether oxygens (including phenoxy) is 1. The number of aromatic nitrogens is 4. The first-order valence-electron chi connectivity index (χ1n) is 10.4. The summed E-state index contributed by atoms with van der Waals surface area (Å²) in [5, 5.41) is 5.70. The summed E-state index contributed by atoms with van der Waals surface area (Å²) in [5.41, 5.74) is 5.55. The highest BCUT2D eigenvalue weighted by atomic mass is 16.5. The Morgan fingerprint density at radius 1 is 0.862 bits per heavy atom. The van der Waals surface area contributed by atoms with Gasteiger partial charge in [0.2, 0.25) is 0 Å². The van der Waals surface area contributed by atoms with E-state index in [1.54, 1.807) is 0 Å². The zero-order valence-electron chi connectivity index (χ0n) is 16.2. The molecule has 2 aliphatic rings. The number of benzene rings is 1. The molecule has 6 heteroatoms. The number of fused-ring (bicyclic) bond motifs is 2. The summed E-state index contributed by atoms with van der Waals surface area (Å²) in [7, 11) is 0. The summed E-state index contributed by atoms with van der Waals surface area (Å²) in [6, 6.07) is 14.8. The van der Waals surface area contributed by atoms with Crippen LogP contribution in [0.1, 0.15) is 36.1 Å². The Labute approximate surface area is 169 Å². The lowest BCUT2D eigenvalue weighted by Crippen LogP contribution is -2.36. The molecule has 1 aliphatic carbocycles. The fourth-order valence-electron chi connectivity index (χ4n) is 4.56. The molecule has 1 saturated heterocycles. The van der Waals surface area contributed by atoms with E-state index in [0.29, 0.717) is 11.8 Å². The maximum Gasteiger partial charge on any atom is 0.177 e. The van der Waals surface area contributed by atoms with E-state index in [0.717, 1.165) is 61.7 Å². The van der Waals surface area contributed by atoms with Crippen LogP contribution in [0.15, 0.2) is 54.9 Å². The zero-order chi connectivity index (χ0) is 19.2. The molecule has 0 bridgehead atoms. The summed E-state index contributed by atoms with van der Waals surface area (Å²) in [6.07, 6.45) is 6.17. The van der Waals surface area contributed by atoms with Gasteiger partial charge in [-0.25, -0.2) is 9.50 Å². The van der Waals surface area contributed by atoms with E-state index in [1.807, 2.05) is 10.7 Å². The van der Waals surface area contributed by atoms with E-state index in [1.165, 1.54) is 11.1 Å². The molecule has 146 valence electrons. The van der Waals surface area contributed by atoms with Crippen LogP contribution in [-0.2, 0) is 4.74 Å². The second-order valence-corrected chi connectivity index (χ2v) is 8.04. The van der Waals surface area contributed by atoms with Crippen LogP contribution >= 0.6 is 0 Å². The average Bonchev–Trinajstić information content (AvgIpc) is 3.17. The first-order valence-corrected chi connectivity index (χ1v) is 10.4. The first kappa shape index (κ1) is 16.9. The third-order valence-electron chi connectivity index (χ3n) is 6.31. The lowest BCUT2D eigenvalue weighted by molar-refractivity contribution is 0.123. The van der Waals surface area contributed by atoms with Gasteiger partial charge in [-0.2, -0.15) is 5.10 Å². The van der Waals surface area contributed by atoms with E-state index >= 15 is 0 Å². The second-order valence-electron chi connectivity index (χ2n) is 8.04. The number of nitrogens with zero attached hydrogens (tertiary/aromatic N) is 5. The third kappa shape index (κ3) is 2.95. The van der Waals surface area contributed by atoms with Gasteiger partial charge < -0.3 is 9.64 Å². The normalized spacial score (nSPS) is 22.1. The van der Waals surface area contributed by atoms with Gasteiger partial charge >= 0.3 is 0 Å². The van der Waals surface area contributed by atoms with E-state index in [-0.39, 0.29) is 0 Å². The maximum absolute atomic E-state index is 5.49. The van der Waals surface area contributed by atoms with Crippen molar-refractivity contribution in [3.8, 4) is 0 Å². The molecule has 1 aromatic carbocycles. The molecular weight excluding hydrogens is 362 g/mol. The molecule has 6 nitrogen and oxygen atoms in total. The smallest absolute Gasteiger partial charge is 0.177 e. The van der Waals surface area contributed by atoms with Crippen molar-refractivity contribution < 1.29 is 4.74 Å². The molecule has 0 N–H and O–H groups in total. The van der Waals surface area contributed by atoms with E-state index in [4.69, 9.17) is 14.7 Å². The van der Waals surface area contributed by atoms with Gasteiger partial charge in [0.15, 0.2) is 5.65 Å². The fourth-order valence-corrected chi connectivity index (χ4v) is 4.56. The molecule has 6 rings (SSSR count). The Balaban J connectivity index is 1.24. The Kier molecular flexibility index (Phi) is 3.97. The molecule has 29 heavy (non-hydrogen) atoms. The number of anilines is 1. The monoisotopic (exact) mass is 385 g/mol. The molecule has 0 atom stereocenters. The highest BCUT2D eigenvalue weighted by Gasteiger charge is 2.34. The summed E-state index contributed by atoms with van der Waals surface area (Å²) < 4.78 is 7.43. The van der Waals surface area contributed by atoms with E-state index in [9.17, 15) is 0 Å². The SMILES string of the molecule is c1ccc2nc([C@H]3C[C@H](c4cn5nccc(N6CCOCC6)c5n4)C3)ccc2c1. The Morgan fingerprint density at radius 2 is 1.69 bits per heavy atom. The van der Waals surface area contributed by atoms with Crippen molar-refractivity contribution in [2.45, 2.75) is 24.7 Å². The van der Waals surface area contributed by atoms with Gasteiger partial charge in [-0.3, -0.25) is 4.98 Å². The first-order chi connectivity index (χ1) is 14.3. The molecular formula is C23H23N5O. The highest BCUT2D eigenvalue weighted by molar-refractivity contribution is 5.78. The molecule has 1 aliphatic heterocycles. The van der Waals surface area contributed by atoms with E-state index < -0.39 is 0 Å². The van der Waals surface area contributed by atoms with Gasteiger partial charge in [-0.05, 0) is 31.0 Å². The molecule has 0 amide bonds. The van der Waals surface area contributed by atoms with Crippen LogP contribution in [0, 0.1) is 0 Å². The number of morpholine rings is 1. The largest absolute Gasteiger partial charge is 0.378 e. The minimum atomic E-state index is 0.479. The molecule has 1 saturated carbocycles. The lowest BCUT2D eigenvalue weighted by atomic mass is 9.71. The Hall–Kier alpha value is -2.99. The molecule has 4 aromatic rings. The van der Waals surface area contributed by atoms with Crippen LogP contribution in [0.2, 0.25) is 0 Å². The minimum Gasteiger partial charge on any atom is -0.378 e. The fraction of sp³-hybridized carbons (Fsp3) is 0.348. The van der Waals surface area contributed by atoms with Gasteiger partial charge in [0.25, 0.3) is 0 Å². The van der Waals surface area contributed by atoms with Crippen molar-refractivity contribution in [2.24, 2.45) is 0 Å². The maximum atomic E-state index is 5.49. The molecule has 0 spiro atoms. The number of imidazole rings is 1. The summed E-state index contributed by atoms with van der Waals surface area (Å²) >= 11 is 0. The molecule has 2 fully saturated rings. The molecule has 0 radical (unpaired) electrons. The Bertz CT molecular complexity index is 1170. The summed E-state index contributed by atoms with van der Waals surface area (Å²) in [4.78, 5) is 12.2.